The Hall–Kier alpha value is -3.66. The van der Waals surface area contributed by atoms with Crippen molar-refractivity contribution in [2.45, 2.75) is 6.42 Å². The van der Waals surface area contributed by atoms with E-state index >= 15 is 0 Å². The molecule has 2 aromatic heterocycles. The lowest BCUT2D eigenvalue weighted by molar-refractivity contribution is 0.447. The van der Waals surface area contributed by atoms with Gasteiger partial charge in [-0.25, -0.2) is 0 Å². The van der Waals surface area contributed by atoms with Crippen molar-refractivity contribution in [3.8, 4) is 5.88 Å². The Morgan fingerprint density at radius 3 is 2.41 bits per heavy atom. The second kappa shape index (κ2) is 7.30. The van der Waals surface area contributed by atoms with E-state index in [0.29, 0.717) is 5.56 Å². The number of hydrogen-bond donors (Lipinski definition) is 1. The van der Waals surface area contributed by atoms with Crippen LogP contribution in [0.15, 0.2) is 84.6 Å². The molecule has 4 rings (SSSR count). The first-order chi connectivity index (χ1) is 13.3. The van der Waals surface area contributed by atoms with Crippen molar-refractivity contribution in [1.82, 2.24) is 9.55 Å². The van der Waals surface area contributed by atoms with Gasteiger partial charge < -0.3 is 5.11 Å². The number of hydrogen-bond acceptors (Lipinski definition) is 3. The van der Waals surface area contributed by atoms with Crippen LogP contribution in [0.5, 0.6) is 5.88 Å². The maximum absolute atomic E-state index is 10.5. The van der Waals surface area contributed by atoms with Crippen LogP contribution in [0.1, 0.15) is 16.7 Å². The summed E-state index contributed by atoms with van der Waals surface area (Å²) in [6.45, 7) is 3.77. The number of pyridine rings is 1. The van der Waals surface area contributed by atoms with Crippen LogP contribution in [0.2, 0.25) is 0 Å². The third-order valence-corrected chi connectivity index (χ3v) is 4.54. The molecule has 2 aromatic carbocycles. The first kappa shape index (κ1) is 16.8. The molecule has 132 valence electrons. The number of aliphatic imine (C=N–C) groups is 1. The molecule has 0 aliphatic carbocycles. The fourth-order valence-corrected chi connectivity index (χ4v) is 3.16. The minimum atomic E-state index is 0.143. The zero-order valence-corrected chi connectivity index (χ0v) is 14.8. The first-order valence-corrected chi connectivity index (χ1v) is 8.72. The average Bonchev–Trinajstić information content (AvgIpc) is 2.99. The van der Waals surface area contributed by atoms with E-state index in [1.165, 1.54) is 11.1 Å². The number of benzene rings is 2. The van der Waals surface area contributed by atoms with Gasteiger partial charge in [0.05, 0.1) is 16.8 Å². The first-order valence-electron chi connectivity index (χ1n) is 8.72. The summed E-state index contributed by atoms with van der Waals surface area (Å²) in [5, 5.41) is 11.4. The minimum Gasteiger partial charge on any atom is -0.494 e. The molecular formula is C23H19N3O. The summed E-state index contributed by atoms with van der Waals surface area (Å²) in [6.07, 6.45) is 7.78. The van der Waals surface area contributed by atoms with Gasteiger partial charge in [0.15, 0.2) is 0 Å². The standard InChI is InChI=1S/C23H19N3O/c1-2-26-22-6-4-3-5-20(22)21(23(26)27)16-25-19-9-7-17(8-10-19)15-18-11-13-24-14-12-18/h2-14,16,27H,1,15H2. The van der Waals surface area contributed by atoms with Crippen molar-refractivity contribution in [1.29, 1.82) is 0 Å². The molecule has 0 bridgehead atoms. The fraction of sp³-hybridized carbons (Fsp3) is 0.0435. The molecule has 0 amide bonds. The van der Waals surface area contributed by atoms with Gasteiger partial charge in [-0.15, -0.1) is 0 Å². The highest BCUT2D eigenvalue weighted by Gasteiger charge is 2.12. The van der Waals surface area contributed by atoms with Crippen LogP contribution < -0.4 is 0 Å². The summed E-state index contributed by atoms with van der Waals surface area (Å²) in [5.74, 6) is 0.143. The van der Waals surface area contributed by atoms with Crippen LogP contribution in [0.4, 0.5) is 5.69 Å². The Morgan fingerprint density at radius 2 is 1.67 bits per heavy atom. The topological polar surface area (TPSA) is 50.4 Å². The van der Waals surface area contributed by atoms with Crippen molar-refractivity contribution in [3.05, 3.63) is 96.3 Å². The summed E-state index contributed by atoms with van der Waals surface area (Å²) in [7, 11) is 0. The molecule has 0 aliphatic heterocycles. The van der Waals surface area contributed by atoms with Gasteiger partial charge in [-0.1, -0.05) is 36.9 Å². The molecule has 2 heterocycles. The van der Waals surface area contributed by atoms with E-state index in [9.17, 15) is 5.11 Å². The molecular weight excluding hydrogens is 334 g/mol. The molecule has 0 atom stereocenters. The van der Waals surface area contributed by atoms with Gasteiger partial charge in [-0.05, 0) is 47.9 Å². The van der Waals surface area contributed by atoms with Crippen LogP contribution >= 0.6 is 0 Å². The van der Waals surface area contributed by atoms with Gasteiger partial charge in [0.2, 0.25) is 5.88 Å². The van der Waals surface area contributed by atoms with Crippen LogP contribution in [-0.4, -0.2) is 20.9 Å². The smallest absolute Gasteiger partial charge is 0.205 e. The fourth-order valence-electron chi connectivity index (χ4n) is 3.16. The predicted molar refractivity (Wildman–Crippen MR) is 111 cm³/mol. The van der Waals surface area contributed by atoms with Crippen molar-refractivity contribution in [2.75, 3.05) is 0 Å². The van der Waals surface area contributed by atoms with Crippen LogP contribution in [0.3, 0.4) is 0 Å². The van der Waals surface area contributed by atoms with Crippen molar-refractivity contribution in [3.63, 3.8) is 0 Å². The number of fused-ring (bicyclic) bond motifs is 1. The molecule has 27 heavy (non-hydrogen) atoms. The molecule has 0 aliphatic rings. The van der Waals surface area contributed by atoms with Crippen LogP contribution in [0.25, 0.3) is 17.1 Å². The highest BCUT2D eigenvalue weighted by Crippen LogP contribution is 2.30. The second-order valence-electron chi connectivity index (χ2n) is 6.26. The van der Waals surface area contributed by atoms with E-state index in [-0.39, 0.29) is 5.88 Å². The monoisotopic (exact) mass is 353 g/mol. The third kappa shape index (κ3) is 3.37. The Labute approximate surface area is 157 Å². The summed E-state index contributed by atoms with van der Waals surface area (Å²) in [5.41, 5.74) is 4.86. The zero-order valence-electron chi connectivity index (χ0n) is 14.8. The molecule has 0 saturated carbocycles. The normalized spacial score (nSPS) is 11.3. The van der Waals surface area contributed by atoms with Crippen molar-refractivity contribution >= 4 is 29.0 Å². The molecule has 4 nitrogen and oxygen atoms in total. The van der Waals surface area contributed by atoms with Crippen molar-refractivity contribution < 1.29 is 5.11 Å². The molecule has 4 aromatic rings. The lowest BCUT2D eigenvalue weighted by atomic mass is 10.1. The quantitative estimate of drug-likeness (QED) is 0.502. The Bertz CT molecular complexity index is 1110. The maximum Gasteiger partial charge on any atom is 0.205 e. The van der Waals surface area contributed by atoms with E-state index < -0.39 is 0 Å². The van der Waals surface area contributed by atoms with Crippen LogP contribution in [-0.2, 0) is 6.42 Å². The van der Waals surface area contributed by atoms with Crippen LogP contribution in [0, 0.1) is 0 Å². The lowest BCUT2D eigenvalue weighted by Gasteiger charge is -2.02. The number of rotatable bonds is 5. The summed E-state index contributed by atoms with van der Waals surface area (Å²) in [4.78, 5) is 8.58. The lowest BCUT2D eigenvalue weighted by Crippen LogP contribution is -1.87. The molecule has 0 saturated heterocycles. The van der Waals surface area contributed by atoms with E-state index in [1.807, 2.05) is 48.5 Å². The molecule has 0 fully saturated rings. The highest BCUT2D eigenvalue weighted by molar-refractivity contribution is 6.03. The molecule has 1 N–H and O–H groups in total. The molecule has 0 unspecified atom stereocenters. The number of nitrogens with zero attached hydrogens (tertiary/aromatic N) is 3. The van der Waals surface area contributed by atoms with Gasteiger partial charge in [0, 0.05) is 30.2 Å². The summed E-state index contributed by atoms with van der Waals surface area (Å²) < 4.78 is 1.66. The number of aromatic nitrogens is 2. The van der Waals surface area contributed by atoms with Gasteiger partial charge in [0.25, 0.3) is 0 Å². The Kier molecular flexibility index (Phi) is 4.54. The van der Waals surface area contributed by atoms with E-state index in [0.717, 1.165) is 23.0 Å². The predicted octanol–water partition coefficient (Wildman–Crippen LogP) is 5.18. The third-order valence-electron chi connectivity index (χ3n) is 4.54. The molecule has 0 spiro atoms. The van der Waals surface area contributed by atoms with E-state index in [4.69, 9.17) is 0 Å². The molecule has 0 radical (unpaired) electrons. The Balaban J connectivity index is 1.59. The maximum atomic E-state index is 10.5. The van der Waals surface area contributed by atoms with Gasteiger partial charge in [-0.2, -0.15) is 0 Å². The van der Waals surface area contributed by atoms with E-state index in [1.54, 1.807) is 29.4 Å². The van der Waals surface area contributed by atoms with Gasteiger partial charge >= 0.3 is 0 Å². The van der Waals surface area contributed by atoms with E-state index in [2.05, 4.69) is 28.7 Å². The van der Waals surface area contributed by atoms with Crippen molar-refractivity contribution in [2.24, 2.45) is 4.99 Å². The van der Waals surface area contributed by atoms with Gasteiger partial charge in [-0.3, -0.25) is 14.5 Å². The summed E-state index contributed by atoms with van der Waals surface area (Å²) >= 11 is 0. The average molecular weight is 353 g/mol. The largest absolute Gasteiger partial charge is 0.494 e. The zero-order chi connectivity index (χ0) is 18.6. The summed E-state index contributed by atoms with van der Waals surface area (Å²) in [6, 6.07) is 19.9. The number of para-hydroxylation sites is 1. The highest BCUT2D eigenvalue weighted by atomic mass is 16.3. The minimum absolute atomic E-state index is 0.143. The second-order valence-corrected chi connectivity index (χ2v) is 6.26. The Morgan fingerprint density at radius 1 is 0.963 bits per heavy atom. The molecule has 4 heteroatoms. The SMILES string of the molecule is C=Cn1c(O)c(C=Nc2ccc(Cc3ccncc3)cc2)c2ccccc21. The number of aromatic hydroxyl groups is 1. The van der Waals surface area contributed by atoms with Gasteiger partial charge in [0.1, 0.15) is 0 Å².